The van der Waals surface area contributed by atoms with Crippen molar-refractivity contribution in [1.29, 1.82) is 0 Å². The molecule has 0 radical (unpaired) electrons. The van der Waals surface area contributed by atoms with Crippen LogP contribution in [0.5, 0.6) is 5.75 Å². The van der Waals surface area contributed by atoms with Crippen molar-refractivity contribution in [3.63, 3.8) is 0 Å². The molecule has 1 atom stereocenters. The minimum absolute atomic E-state index is 0.475. The van der Waals surface area contributed by atoms with Crippen molar-refractivity contribution < 1.29 is 4.74 Å². The third kappa shape index (κ3) is 2.58. The van der Waals surface area contributed by atoms with E-state index in [2.05, 4.69) is 62.6 Å². The fraction of sp³-hybridized carbons (Fsp3) is 0.455. The topological polar surface area (TPSA) is 21.3 Å². The zero-order valence-electron chi connectivity index (χ0n) is 8.52. The van der Waals surface area contributed by atoms with Crippen LogP contribution in [-0.2, 0) is 0 Å². The Morgan fingerprint density at radius 3 is 2.80 bits per heavy atom. The monoisotopic (exact) mass is 429 g/mol. The summed E-state index contributed by atoms with van der Waals surface area (Å²) >= 11 is 4.70. The van der Waals surface area contributed by atoms with E-state index < -0.39 is 0 Å². The molecule has 0 aliphatic carbocycles. The highest BCUT2D eigenvalue weighted by atomic mass is 127. The summed E-state index contributed by atoms with van der Waals surface area (Å²) in [6.45, 7) is 1.12. The first-order valence-corrected chi connectivity index (χ1v) is 7.14. The number of methoxy groups -OCH3 is 1. The Bertz CT molecular complexity index is 362. The fourth-order valence-corrected chi connectivity index (χ4v) is 4.11. The molecule has 1 aromatic rings. The van der Waals surface area contributed by atoms with E-state index in [0.29, 0.717) is 6.04 Å². The molecule has 1 aromatic carbocycles. The van der Waals surface area contributed by atoms with E-state index >= 15 is 0 Å². The Labute approximate surface area is 117 Å². The number of hydrogen-bond acceptors (Lipinski definition) is 2. The molecule has 2 rings (SSSR count). The summed E-state index contributed by atoms with van der Waals surface area (Å²) in [5, 5.41) is 3.52. The van der Waals surface area contributed by atoms with Crippen LogP contribution < -0.4 is 10.1 Å². The third-order valence-electron chi connectivity index (χ3n) is 2.68. The van der Waals surface area contributed by atoms with Gasteiger partial charge < -0.3 is 10.1 Å². The van der Waals surface area contributed by atoms with E-state index in [1.807, 2.05) is 0 Å². The van der Waals surface area contributed by atoms with Gasteiger partial charge in [0.2, 0.25) is 0 Å². The molecule has 15 heavy (non-hydrogen) atoms. The van der Waals surface area contributed by atoms with Gasteiger partial charge in [-0.2, -0.15) is 0 Å². The molecule has 0 amide bonds. The summed E-state index contributed by atoms with van der Waals surface area (Å²) in [4.78, 5) is 0. The summed E-state index contributed by atoms with van der Waals surface area (Å²) in [5.74, 6) is 1.04. The molecular formula is C11H13I2NO. The van der Waals surface area contributed by atoms with Crippen molar-refractivity contribution in [2.75, 3.05) is 13.7 Å². The van der Waals surface area contributed by atoms with Crippen molar-refractivity contribution in [3.05, 3.63) is 24.8 Å². The Kier molecular flexibility index (Phi) is 4.11. The zero-order chi connectivity index (χ0) is 10.8. The Balaban J connectivity index is 2.42. The van der Waals surface area contributed by atoms with Gasteiger partial charge in [-0.1, -0.05) is 0 Å². The minimum atomic E-state index is 0.475. The summed E-state index contributed by atoms with van der Waals surface area (Å²) in [7, 11) is 1.75. The average molecular weight is 429 g/mol. The van der Waals surface area contributed by atoms with Gasteiger partial charge in [-0.05, 0) is 76.7 Å². The summed E-state index contributed by atoms with van der Waals surface area (Å²) in [6.07, 6.45) is 2.47. The van der Waals surface area contributed by atoms with Crippen molar-refractivity contribution in [2.24, 2.45) is 0 Å². The number of ether oxygens (including phenoxy) is 1. The first kappa shape index (κ1) is 11.9. The Morgan fingerprint density at radius 1 is 1.40 bits per heavy atom. The van der Waals surface area contributed by atoms with E-state index in [1.54, 1.807) is 7.11 Å². The molecule has 0 saturated carbocycles. The SMILES string of the molecule is COc1c(I)cc(I)cc1C1CCCN1. The number of hydrogen-bond donors (Lipinski definition) is 1. The second-order valence-electron chi connectivity index (χ2n) is 3.66. The molecule has 1 aliphatic heterocycles. The van der Waals surface area contributed by atoms with Gasteiger partial charge >= 0.3 is 0 Å². The number of nitrogens with one attached hydrogen (secondary N) is 1. The normalized spacial score (nSPS) is 20.6. The highest BCUT2D eigenvalue weighted by Crippen LogP contribution is 2.35. The fourth-order valence-electron chi connectivity index (χ4n) is 2.00. The van der Waals surface area contributed by atoms with E-state index in [1.165, 1.54) is 25.5 Å². The lowest BCUT2D eigenvalue weighted by Crippen LogP contribution is -2.14. The van der Waals surface area contributed by atoms with Crippen LogP contribution in [0.2, 0.25) is 0 Å². The Morgan fingerprint density at radius 2 is 2.20 bits per heavy atom. The van der Waals surface area contributed by atoms with Gasteiger partial charge in [-0.25, -0.2) is 0 Å². The van der Waals surface area contributed by atoms with Crippen LogP contribution in [0.15, 0.2) is 12.1 Å². The summed E-state index contributed by atoms with van der Waals surface area (Å²) < 4.78 is 7.97. The van der Waals surface area contributed by atoms with Gasteiger partial charge in [-0.3, -0.25) is 0 Å². The van der Waals surface area contributed by atoms with E-state index in [9.17, 15) is 0 Å². The average Bonchev–Trinajstić information content (AvgIpc) is 2.69. The standard InChI is InChI=1S/C11H13I2NO/c1-15-11-8(10-3-2-4-14-10)5-7(12)6-9(11)13/h5-6,10,14H,2-4H2,1H3. The van der Waals surface area contributed by atoms with Crippen LogP contribution >= 0.6 is 45.2 Å². The van der Waals surface area contributed by atoms with Crippen LogP contribution in [0.1, 0.15) is 24.4 Å². The summed E-state index contributed by atoms with van der Waals surface area (Å²) in [6, 6.07) is 4.85. The highest BCUT2D eigenvalue weighted by Gasteiger charge is 2.21. The van der Waals surface area contributed by atoms with E-state index in [0.717, 1.165) is 12.3 Å². The molecule has 1 N–H and O–H groups in total. The predicted octanol–water partition coefficient (Wildman–Crippen LogP) is 3.33. The van der Waals surface area contributed by atoms with Gasteiger partial charge in [0.05, 0.1) is 10.7 Å². The Hall–Kier alpha value is 0.440. The molecular weight excluding hydrogens is 416 g/mol. The third-order valence-corrected chi connectivity index (χ3v) is 4.10. The molecule has 82 valence electrons. The van der Waals surface area contributed by atoms with Gasteiger partial charge in [0, 0.05) is 15.2 Å². The predicted molar refractivity (Wildman–Crippen MR) is 78.4 cm³/mol. The molecule has 0 spiro atoms. The lowest BCUT2D eigenvalue weighted by atomic mass is 10.0. The van der Waals surface area contributed by atoms with Crippen molar-refractivity contribution in [2.45, 2.75) is 18.9 Å². The number of halogens is 2. The van der Waals surface area contributed by atoms with Crippen molar-refractivity contribution in [3.8, 4) is 5.75 Å². The number of benzene rings is 1. The number of rotatable bonds is 2. The van der Waals surface area contributed by atoms with Gasteiger partial charge in [0.25, 0.3) is 0 Å². The maximum absolute atomic E-state index is 5.49. The summed E-state index contributed by atoms with van der Waals surface area (Å²) in [5.41, 5.74) is 1.31. The quantitative estimate of drug-likeness (QED) is 0.729. The van der Waals surface area contributed by atoms with Crippen LogP contribution in [0.4, 0.5) is 0 Å². The molecule has 4 heteroatoms. The van der Waals surface area contributed by atoms with Gasteiger partial charge in [0.15, 0.2) is 0 Å². The van der Waals surface area contributed by atoms with E-state index in [-0.39, 0.29) is 0 Å². The van der Waals surface area contributed by atoms with Crippen LogP contribution in [-0.4, -0.2) is 13.7 Å². The largest absolute Gasteiger partial charge is 0.495 e. The lowest BCUT2D eigenvalue weighted by molar-refractivity contribution is 0.400. The van der Waals surface area contributed by atoms with Crippen molar-refractivity contribution >= 4 is 45.2 Å². The molecule has 1 aliphatic rings. The molecule has 0 aromatic heterocycles. The van der Waals surface area contributed by atoms with Crippen molar-refractivity contribution in [1.82, 2.24) is 5.32 Å². The molecule has 1 saturated heterocycles. The maximum Gasteiger partial charge on any atom is 0.137 e. The van der Waals surface area contributed by atoms with E-state index in [4.69, 9.17) is 4.74 Å². The van der Waals surface area contributed by atoms with Crippen LogP contribution in [0.3, 0.4) is 0 Å². The highest BCUT2D eigenvalue weighted by molar-refractivity contribution is 14.1. The van der Waals surface area contributed by atoms with Crippen LogP contribution in [0, 0.1) is 7.14 Å². The zero-order valence-corrected chi connectivity index (χ0v) is 12.8. The lowest BCUT2D eigenvalue weighted by Gasteiger charge is -2.16. The van der Waals surface area contributed by atoms with Crippen LogP contribution in [0.25, 0.3) is 0 Å². The first-order valence-electron chi connectivity index (χ1n) is 4.98. The molecule has 0 bridgehead atoms. The second-order valence-corrected chi connectivity index (χ2v) is 6.07. The maximum atomic E-state index is 5.49. The molecule has 1 fully saturated rings. The molecule has 1 heterocycles. The van der Waals surface area contributed by atoms with Gasteiger partial charge in [0.1, 0.15) is 5.75 Å². The second kappa shape index (κ2) is 5.18. The van der Waals surface area contributed by atoms with Gasteiger partial charge in [-0.15, -0.1) is 0 Å². The minimum Gasteiger partial charge on any atom is -0.495 e. The molecule has 1 unspecified atom stereocenters. The smallest absolute Gasteiger partial charge is 0.137 e. The molecule has 2 nitrogen and oxygen atoms in total. The first-order chi connectivity index (χ1) is 7.22.